The number of imide groups is 1. The summed E-state index contributed by atoms with van der Waals surface area (Å²) in [6, 6.07) is 3.68. The fraction of sp³-hybridized carbons (Fsp3) is 0.500. The summed E-state index contributed by atoms with van der Waals surface area (Å²) in [5.41, 5.74) is 2.34. The number of aromatic nitrogens is 1. The van der Waals surface area contributed by atoms with E-state index in [1.807, 2.05) is 25.2 Å². The van der Waals surface area contributed by atoms with Crippen molar-refractivity contribution in [1.29, 1.82) is 5.26 Å². The highest BCUT2D eigenvalue weighted by Crippen LogP contribution is 2.22. The topological polar surface area (TPSA) is 120 Å². The third-order valence-electron chi connectivity index (χ3n) is 4.73. The van der Waals surface area contributed by atoms with Gasteiger partial charge in [-0.2, -0.15) is 5.26 Å². The third-order valence-corrected chi connectivity index (χ3v) is 4.73. The van der Waals surface area contributed by atoms with Gasteiger partial charge in [0.05, 0.1) is 13.2 Å². The van der Waals surface area contributed by atoms with Crippen LogP contribution < -0.4 is 5.32 Å². The summed E-state index contributed by atoms with van der Waals surface area (Å²) in [4.78, 5) is 35.1. The minimum atomic E-state index is -1.27. The number of nitrogens with zero attached hydrogens (tertiary/aromatic N) is 2. The average molecular weight is 403 g/mol. The number of nitriles is 1. The van der Waals surface area contributed by atoms with E-state index in [-0.39, 0.29) is 11.7 Å². The standard InChI is InChI=1S/C20H25N3O6/c1-12-8-15(13(2)23(12)11-17-6-5-7-28-17)9-16(10-21)19(25)29-14(3)18(24)22-20(26)27-4/h8-9,14,17H,5-7,11H2,1-4H3,(H,22,24,26)/b16-9+/t14-,17-/m1/s1. The van der Waals surface area contributed by atoms with Gasteiger partial charge in [-0.25, -0.2) is 9.59 Å². The van der Waals surface area contributed by atoms with Crippen molar-refractivity contribution in [1.82, 2.24) is 9.88 Å². The summed E-state index contributed by atoms with van der Waals surface area (Å²) in [6.07, 6.45) is 1.40. The van der Waals surface area contributed by atoms with Gasteiger partial charge in [0.2, 0.25) is 0 Å². The van der Waals surface area contributed by atoms with E-state index in [9.17, 15) is 19.6 Å². The van der Waals surface area contributed by atoms with Gasteiger partial charge < -0.3 is 18.8 Å². The van der Waals surface area contributed by atoms with Crippen LogP contribution >= 0.6 is 0 Å². The monoisotopic (exact) mass is 403 g/mol. The number of carbonyl (C=O) groups is 3. The Kier molecular flexibility index (Phi) is 7.56. The van der Waals surface area contributed by atoms with Crippen molar-refractivity contribution in [2.45, 2.75) is 52.4 Å². The van der Waals surface area contributed by atoms with Gasteiger partial charge in [-0.15, -0.1) is 0 Å². The van der Waals surface area contributed by atoms with Gasteiger partial charge in [0.25, 0.3) is 5.91 Å². The Labute approximate surface area is 169 Å². The number of rotatable bonds is 6. The van der Waals surface area contributed by atoms with Crippen LogP contribution in [0.4, 0.5) is 4.79 Å². The van der Waals surface area contributed by atoms with Gasteiger partial charge in [-0.05, 0) is 51.3 Å². The quantitative estimate of drug-likeness (QED) is 0.438. The van der Waals surface area contributed by atoms with Crippen molar-refractivity contribution in [2.24, 2.45) is 0 Å². The number of esters is 1. The molecule has 0 saturated carbocycles. The number of nitrogens with one attached hydrogen (secondary N) is 1. The molecule has 1 aliphatic rings. The van der Waals surface area contributed by atoms with Crippen molar-refractivity contribution in [3.8, 4) is 6.07 Å². The van der Waals surface area contributed by atoms with Gasteiger partial charge in [0.1, 0.15) is 11.6 Å². The molecule has 1 aliphatic heterocycles. The zero-order valence-electron chi connectivity index (χ0n) is 17.0. The Bertz CT molecular complexity index is 858. The van der Waals surface area contributed by atoms with Crippen LogP contribution in [0.15, 0.2) is 11.6 Å². The molecule has 2 amide bonds. The molecule has 0 aromatic carbocycles. The Balaban J connectivity index is 2.12. The minimum Gasteiger partial charge on any atom is -0.453 e. The molecular weight excluding hydrogens is 378 g/mol. The zero-order chi connectivity index (χ0) is 21.6. The molecule has 0 spiro atoms. The molecule has 2 rings (SSSR count). The van der Waals surface area contributed by atoms with Crippen LogP contribution in [-0.4, -0.2) is 48.5 Å². The molecule has 1 N–H and O–H groups in total. The maximum absolute atomic E-state index is 12.3. The summed E-state index contributed by atoms with van der Waals surface area (Å²) < 4.78 is 17.1. The molecule has 29 heavy (non-hydrogen) atoms. The molecule has 0 aliphatic carbocycles. The Morgan fingerprint density at radius 2 is 2.17 bits per heavy atom. The predicted octanol–water partition coefficient (Wildman–Crippen LogP) is 2.01. The lowest BCUT2D eigenvalue weighted by atomic mass is 10.1. The summed E-state index contributed by atoms with van der Waals surface area (Å²) in [5.74, 6) is -1.80. The minimum absolute atomic E-state index is 0.159. The molecule has 1 saturated heterocycles. The smallest absolute Gasteiger partial charge is 0.413 e. The molecule has 156 valence electrons. The highest BCUT2D eigenvalue weighted by molar-refractivity contribution is 6.00. The lowest BCUT2D eigenvalue weighted by Crippen LogP contribution is -2.39. The largest absolute Gasteiger partial charge is 0.453 e. The van der Waals surface area contributed by atoms with Crippen molar-refractivity contribution in [3.05, 3.63) is 28.6 Å². The lowest BCUT2D eigenvalue weighted by molar-refractivity contribution is -0.150. The molecule has 9 nitrogen and oxygen atoms in total. The fourth-order valence-electron chi connectivity index (χ4n) is 3.07. The molecule has 0 unspecified atom stereocenters. The van der Waals surface area contributed by atoms with Crippen LogP contribution in [0.1, 0.15) is 36.7 Å². The van der Waals surface area contributed by atoms with Crippen LogP contribution in [0, 0.1) is 25.2 Å². The Morgan fingerprint density at radius 1 is 1.45 bits per heavy atom. The van der Waals surface area contributed by atoms with Gasteiger partial charge in [0, 0.05) is 24.5 Å². The van der Waals surface area contributed by atoms with E-state index in [1.54, 1.807) is 6.07 Å². The van der Waals surface area contributed by atoms with Crippen LogP contribution in [0.3, 0.4) is 0 Å². The molecule has 1 fully saturated rings. The summed E-state index contributed by atoms with van der Waals surface area (Å²) in [6.45, 7) is 6.62. The van der Waals surface area contributed by atoms with E-state index >= 15 is 0 Å². The molecule has 0 bridgehead atoms. The number of amides is 2. The third kappa shape index (κ3) is 5.68. The second-order valence-electron chi connectivity index (χ2n) is 6.77. The van der Waals surface area contributed by atoms with E-state index in [2.05, 4.69) is 9.30 Å². The normalized spacial score (nSPS) is 17.3. The van der Waals surface area contributed by atoms with Crippen molar-refractivity contribution in [3.63, 3.8) is 0 Å². The number of alkyl carbamates (subject to hydrolysis) is 1. The second kappa shape index (κ2) is 9.89. The molecule has 2 atom stereocenters. The predicted molar refractivity (Wildman–Crippen MR) is 103 cm³/mol. The summed E-state index contributed by atoms with van der Waals surface area (Å²) in [5, 5.41) is 11.3. The van der Waals surface area contributed by atoms with E-state index < -0.39 is 24.1 Å². The number of methoxy groups -OCH3 is 1. The highest BCUT2D eigenvalue weighted by atomic mass is 16.6. The van der Waals surface area contributed by atoms with Crippen LogP contribution in [0.25, 0.3) is 6.08 Å². The molecule has 0 radical (unpaired) electrons. The van der Waals surface area contributed by atoms with Crippen LogP contribution in [0.2, 0.25) is 0 Å². The molecule has 2 heterocycles. The molecular formula is C20H25N3O6. The van der Waals surface area contributed by atoms with E-state index in [1.165, 1.54) is 13.0 Å². The van der Waals surface area contributed by atoms with Crippen molar-refractivity contribution >= 4 is 24.0 Å². The maximum Gasteiger partial charge on any atom is 0.413 e. The first-order valence-electron chi connectivity index (χ1n) is 9.26. The van der Waals surface area contributed by atoms with Crippen molar-refractivity contribution in [2.75, 3.05) is 13.7 Å². The van der Waals surface area contributed by atoms with Crippen molar-refractivity contribution < 1.29 is 28.6 Å². The Morgan fingerprint density at radius 3 is 2.76 bits per heavy atom. The fourth-order valence-corrected chi connectivity index (χ4v) is 3.07. The van der Waals surface area contributed by atoms with Gasteiger partial charge in [-0.1, -0.05) is 0 Å². The summed E-state index contributed by atoms with van der Waals surface area (Å²) >= 11 is 0. The first-order chi connectivity index (χ1) is 13.8. The van der Waals surface area contributed by atoms with Gasteiger partial charge in [0.15, 0.2) is 6.10 Å². The number of aryl methyl sites for hydroxylation is 1. The Hall–Kier alpha value is -3.12. The van der Waals surface area contributed by atoms with E-state index in [0.717, 1.165) is 37.9 Å². The van der Waals surface area contributed by atoms with Crippen LogP contribution in [0.5, 0.6) is 0 Å². The van der Waals surface area contributed by atoms with Gasteiger partial charge in [-0.3, -0.25) is 10.1 Å². The number of hydrogen-bond donors (Lipinski definition) is 1. The SMILES string of the molecule is COC(=O)NC(=O)[C@@H](C)OC(=O)/C(C#N)=C/c1cc(C)n(C[C@H]2CCCO2)c1C. The second-order valence-corrected chi connectivity index (χ2v) is 6.77. The first-order valence-corrected chi connectivity index (χ1v) is 9.26. The zero-order valence-corrected chi connectivity index (χ0v) is 17.0. The lowest BCUT2D eigenvalue weighted by Gasteiger charge is -2.14. The maximum atomic E-state index is 12.3. The molecule has 1 aromatic heterocycles. The highest BCUT2D eigenvalue weighted by Gasteiger charge is 2.23. The van der Waals surface area contributed by atoms with E-state index in [0.29, 0.717) is 12.1 Å². The van der Waals surface area contributed by atoms with Crippen LogP contribution in [-0.2, 0) is 30.3 Å². The molecule has 9 heteroatoms. The number of hydrogen-bond acceptors (Lipinski definition) is 7. The average Bonchev–Trinajstić information content (AvgIpc) is 3.29. The summed E-state index contributed by atoms with van der Waals surface area (Å²) in [7, 11) is 1.10. The van der Waals surface area contributed by atoms with E-state index in [4.69, 9.17) is 9.47 Å². The number of ether oxygens (including phenoxy) is 3. The number of carbonyl (C=O) groups excluding carboxylic acids is 3. The molecule has 1 aromatic rings. The van der Waals surface area contributed by atoms with Gasteiger partial charge >= 0.3 is 12.1 Å². The first kappa shape index (κ1) is 22.2.